The Balaban J connectivity index is 2.80. The highest BCUT2D eigenvalue weighted by atomic mass is 32.2. The summed E-state index contributed by atoms with van der Waals surface area (Å²) in [7, 11) is -3.81. The van der Waals surface area contributed by atoms with Gasteiger partial charge in [-0.3, -0.25) is 4.79 Å². The van der Waals surface area contributed by atoms with E-state index in [0.29, 0.717) is 6.42 Å². The van der Waals surface area contributed by atoms with E-state index in [1.165, 1.54) is 0 Å². The summed E-state index contributed by atoms with van der Waals surface area (Å²) < 4.78 is 22.4. The van der Waals surface area contributed by atoms with Gasteiger partial charge in [-0.1, -0.05) is 6.42 Å². The van der Waals surface area contributed by atoms with Gasteiger partial charge in [-0.2, -0.15) is 8.42 Å². The summed E-state index contributed by atoms with van der Waals surface area (Å²) in [6.07, 6.45) is 2.64. The minimum Gasteiger partial charge on any atom is -0.274 e. The maximum atomic E-state index is 11.1. The molecule has 1 fully saturated rings. The van der Waals surface area contributed by atoms with Gasteiger partial charge >= 0.3 is 10.2 Å². The molecule has 5 nitrogen and oxygen atoms in total. The smallest absolute Gasteiger partial charge is 0.274 e. The first-order valence-electron chi connectivity index (χ1n) is 3.85. The maximum Gasteiger partial charge on any atom is 0.301 e. The molecule has 12 heavy (non-hydrogen) atoms. The first kappa shape index (κ1) is 9.47. The van der Waals surface area contributed by atoms with E-state index < -0.39 is 10.2 Å². The van der Waals surface area contributed by atoms with Crippen LogP contribution < -0.4 is 5.14 Å². The molecule has 0 aromatic carbocycles. The normalized spacial score (nSPS) is 20.8. The van der Waals surface area contributed by atoms with Crippen molar-refractivity contribution in [3.05, 3.63) is 0 Å². The summed E-state index contributed by atoms with van der Waals surface area (Å²) in [5.41, 5.74) is 0. The number of hydrogen-bond acceptors (Lipinski definition) is 3. The Labute approximate surface area is 71.7 Å². The molecule has 0 unspecified atom stereocenters. The minimum absolute atomic E-state index is 0.234. The predicted octanol–water partition coefficient (Wildman–Crippen LogP) is -0.407. The lowest BCUT2D eigenvalue weighted by Gasteiger charge is -2.16. The molecule has 0 aliphatic carbocycles. The molecule has 1 aliphatic rings. The van der Waals surface area contributed by atoms with E-state index in [1.54, 1.807) is 0 Å². The molecule has 0 aromatic heterocycles. The van der Waals surface area contributed by atoms with Gasteiger partial charge in [0, 0.05) is 13.0 Å². The van der Waals surface area contributed by atoms with Gasteiger partial charge < -0.3 is 0 Å². The quantitative estimate of drug-likeness (QED) is 0.613. The Morgan fingerprint density at radius 1 is 1.25 bits per heavy atom. The molecule has 6 heteroatoms. The number of hydrogen-bond donors (Lipinski definition) is 1. The van der Waals surface area contributed by atoms with Crippen molar-refractivity contribution in [3.8, 4) is 0 Å². The van der Waals surface area contributed by atoms with Crippen molar-refractivity contribution in [2.45, 2.75) is 25.7 Å². The van der Waals surface area contributed by atoms with E-state index in [0.717, 1.165) is 17.1 Å². The molecule has 0 aromatic rings. The second-order valence-corrected chi connectivity index (χ2v) is 4.29. The molecule has 1 saturated heterocycles. The van der Waals surface area contributed by atoms with Crippen molar-refractivity contribution in [2.24, 2.45) is 5.14 Å². The van der Waals surface area contributed by atoms with Crippen LogP contribution in [-0.2, 0) is 15.0 Å². The van der Waals surface area contributed by atoms with Crippen molar-refractivity contribution >= 4 is 16.1 Å². The first-order chi connectivity index (χ1) is 5.52. The number of carbonyl (C=O) groups excluding carboxylic acids is 1. The van der Waals surface area contributed by atoms with Gasteiger partial charge in [0.25, 0.3) is 0 Å². The highest BCUT2D eigenvalue weighted by Gasteiger charge is 2.24. The summed E-state index contributed by atoms with van der Waals surface area (Å²) in [5, 5.41) is 4.85. The largest absolute Gasteiger partial charge is 0.301 e. The van der Waals surface area contributed by atoms with Crippen LogP contribution in [0.4, 0.5) is 0 Å². The lowest BCUT2D eigenvalue weighted by molar-refractivity contribution is -0.126. The van der Waals surface area contributed by atoms with Crippen LogP contribution in [0.25, 0.3) is 0 Å². The number of amides is 1. The average Bonchev–Trinajstić information content (AvgIpc) is 2.11. The zero-order valence-corrected chi connectivity index (χ0v) is 7.51. The van der Waals surface area contributed by atoms with E-state index in [-0.39, 0.29) is 18.9 Å². The molecule has 0 spiro atoms. The second kappa shape index (κ2) is 3.40. The number of carbonyl (C=O) groups is 1. The van der Waals surface area contributed by atoms with Crippen molar-refractivity contribution in [3.63, 3.8) is 0 Å². The van der Waals surface area contributed by atoms with Crippen LogP contribution in [0.1, 0.15) is 25.7 Å². The third-order valence-corrected chi connectivity index (χ3v) is 2.84. The summed E-state index contributed by atoms with van der Waals surface area (Å²) >= 11 is 0. The molecule has 1 aliphatic heterocycles. The topological polar surface area (TPSA) is 80.5 Å². The molecule has 2 N–H and O–H groups in total. The maximum absolute atomic E-state index is 11.1. The lowest BCUT2D eigenvalue weighted by Crippen LogP contribution is -2.40. The fourth-order valence-corrected chi connectivity index (χ4v) is 1.99. The monoisotopic (exact) mass is 192 g/mol. The SMILES string of the molecule is NS(=O)(=O)N1CCCCCC1=O. The molecular weight excluding hydrogens is 180 g/mol. The Bertz CT molecular complexity index is 273. The van der Waals surface area contributed by atoms with E-state index in [1.807, 2.05) is 0 Å². The van der Waals surface area contributed by atoms with Crippen LogP contribution >= 0.6 is 0 Å². The van der Waals surface area contributed by atoms with E-state index in [9.17, 15) is 13.2 Å². The van der Waals surface area contributed by atoms with Gasteiger partial charge in [0.2, 0.25) is 5.91 Å². The van der Waals surface area contributed by atoms with Crippen LogP contribution in [0.15, 0.2) is 0 Å². The third-order valence-electron chi connectivity index (χ3n) is 1.84. The number of rotatable bonds is 1. The average molecular weight is 192 g/mol. The molecule has 0 bridgehead atoms. The lowest BCUT2D eigenvalue weighted by atomic mass is 10.2. The van der Waals surface area contributed by atoms with Gasteiger partial charge in [-0.05, 0) is 12.8 Å². The zero-order chi connectivity index (χ0) is 9.19. The molecule has 1 rings (SSSR count). The molecule has 0 radical (unpaired) electrons. The van der Waals surface area contributed by atoms with Gasteiger partial charge in [0.15, 0.2) is 0 Å². The van der Waals surface area contributed by atoms with E-state index >= 15 is 0 Å². The second-order valence-electron chi connectivity index (χ2n) is 2.82. The number of nitrogens with two attached hydrogens (primary N) is 1. The summed E-state index contributed by atoms with van der Waals surface area (Å²) in [4.78, 5) is 11.1. The van der Waals surface area contributed by atoms with E-state index in [4.69, 9.17) is 5.14 Å². The fraction of sp³-hybridized carbons (Fsp3) is 0.833. The molecule has 0 saturated carbocycles. The van der Waals surface area contributed by atoms with Gasteiger partial charge in [-0.15, -0.1) is 0 Å². The van der Waals surface area contributed by atoms with Crippen molar-refractivity contribution in [1.29, 1.82) is 0 Å². The zero-order valence-electron chi connectivity index (χ0n) is 6.69. The van der Waals surface area contributed by atoms with Crippen LogP contribution in [0, 0.1) is 0 Å². The Hall–Kier alpha value is -0.620. The Kier molecular flexibility index (Phi) is 2.69. The van der Waals surface area contributed by atoms with Crippen LogP contribution in [0.5, 0.6) is 0 Å². The Morgan fingerprint density at radius 2 is 1.92 bits per heavy atom. The minimum atomic E-state index is -3.81. The highest BCUT2D eigenvalue weighted by molar-refractivity contribution is 7.87. The fourth-order valence-electron chi connectivity index (χ4n) is 1.23. The highest BCUT2D eigenvalue weighted by Crippen LogP contribution is 2.12. The molecule has 0 atom stereocenters. The molecule has 70 valence electrons. The van der Waals surface area contributed by atoms with Gasteiger partial charge in [0.1, 0.15) is 0 Å². The van der Waals surface area contributed by atoms with Gasteiger partial charge in [-0.25, -0.2) is 9.44 Å². The summed E-state index contributed by atoms with van der Waals surface area (Å²) in [5.74, 6) is -0.380. The summed E-state index contributed by atoms with van der Waals surface area (Å²) in [6.45, 7) is 0.234. The van der Waals surface area contributed by atoms with Crippen LogP contribution in [0.3, 0.4) is 0 Å². The Morgan fingerprint density at radius 3 is 2.50 bits per heavy atom. The van der Waals surface area contributed by atoms with Crippen LogP contribution in [-0.4, -0.2) is 25.2 Å². The first-order valence-corrected chi connectivity index (χ1v) is 5.35. The molecule has 1 amide bonds. The third kappa shape index (κ3) is 2.18. The molecular formula is C6H12N2O3S. The predicted molar refractivity (Wildman–Crippen MR) is 43.3 cm³/mol. The van der Waals surface area contributed by atoms with Crippen molar-refractivity contribution in [1.82, 2.24) is 4.31 Å². The van der Waals surface area contributed by atoms with Gasteiger partial charge in [0.05, 0.1) is 0 Å². The van der Waals surface area contributed by atoms with Crippen molar-refractivity contribution in [2.75, 3.05) is 6.54 Å². The van der Waals surface area contributed by atoms with Crippen molar-refractivity contribution < 1.29 is 13.2 Å². The standard InChI is InChI=1S/C6H12N2O3S/c7-12(10,11)8-5-3-1-2-4-6(8)9/h1-5H2,(H2,7,10,11). The van der Waals surface area contributed by atoms with Crippen LogP contribution in [0.2, 0.25) is 0 Å². The molecule has 1 heterocycles. The summed E-state index contributed by atoms with van der Waals surface area (Å²) in [6, 6.07) is 0. The number of nitrogens with zero attached hydrogens (tertiary/aromatic N) is 1. The van der Waals surface area contributed by atoms with E-state index in [2.05, 4.69) is 0 Å².